The average Bonchev–Trinajstić information content (AvgIpc) is 3.07. The smallest absolute Gasteiger partial charge is 0.271 e. The summed E-state index contributed by atoms with van der Waals surface area (Å²) in [7, 11) is 3.22. The molecule has 5 nitrogen and oxygen atoms in total. The van der Waals surface area contributed by atoms with Crippen molar-refractivity contribution in [2.24, 2.45) is 0 Å². The number of H-pyrrole nitrogens is 1. The Morgan fingerprint density at radius 3 is 2.41 bits per heavy atom. The number of ether oxygens (including phenoxy) is 2. The number of hydrogen-bond donors (Lipinski definition) is 1. The van der Waals surface area contributed by atoms with E-state index in [9.17, 15) is 4.79 Å². The number of methoxy groups -OCH3 is 2. The van der Waals surface area contributed by atoms with E-state index >= 15 is 0 Å². The van der Waals surface area contributed by atoms with E-state index in [4.69, 9.17) is 9.47 Å². The summed E-state index contributed by atoms with van der Waals surface area (Å²) in [6.45, 7) is 6.70. The summed E-state index contributed by atoms with van der Waals surface area (Å²) in [5, 5.41) is 1.01. The fourth-order valence-electron chi connectivity index (χ4n) is 3.48. The van der Waals surface area contributed by atoms with Crippen molar-refractivity contribution < 1.29 is 14.3 Å². The Morgan fingerprint density at radius 1 is 1.07 bits per heavy atom. The highest BCUT2D eigenvalue weighted by Gasteiger charge is 2.25. The van der Waals surface area contributed by atoms with Gasteiger partial charge in [-0.2, -0.15) is 0 Å². The highest BCUT2D eigenvalue weighted by atomic mass is 16.5. The number of aromatic amines is 1. The van der Waals surface area contributed by atoms with Crippen LogP contribution in [0.2, 0.25) is 0 Å². The van der Waals surface area contributed by atoms with E-state index in [-0.39, 0.29) is 11.9 Å². The number of para-hydroxylation sites is 1. The van der Waals surface area contributed by atoms with Crippen molar-refractivity contribution in [3.8, 4) is 22.6 Å². The SMILES string of the molecule is CCN(C(=O)c1[nH]c2ccccc2c1-c1ccc(OC)c(OC)c1)C(C)C. The lowest BCUT2D eigenvalue weighted by atomic mass is 10.0. The molecule has 2 aromatic carbocycles. The van der Waals surface area contributed by atoms with Crippen LogP contribution in [0.5, 0.6) is 11.5 Å². The molecule has 5 heteroatoms. The minimum Gasteiger partial charge on any atom is -0.493 e. The standard InChI is InChI=1S/C22H26N2O3/c1-6-24(14(2)3)22(25)21-20(16-9-7-8-10-17(16)23-21)15-11-12-18(26-4)19(13-15)27-5/h7-14,23H,6H2,1-5H3. The van der Waals surface area contributed by atoms with Gasteiger partial charge in [-0.1, -0.05) is 24.3 Å². The van der Waals surface area contributed by atoms with Crippen LogP contribution in [0.4, 0.5) is 0 Å². The van der Waals surface area contributed by atoms with Gasteiger partial charge in [0.2, 0.25) is 0 Å². The summed E-state index contributed by atoms with van der Waals surface area (Å²) in [6.07, 6.45) is 0. The topological polar surface area (TPSA) is 54.6 Å². The van der Waals surface area contributed by atoms with Gasteiger partial charge in [0.25, 0.3) is 5.91 Å². The third-order valence-electron chi connectivity index (χ3n) is 4.82. The van der Waals surface area contributed by atoms with Crippen molar-refractivity contribution in [2.45, 2.75) is 26.8 Å². The van der Waals surface area contributed by atoms with Crippen molar-refractivity contribution in [1.29, 1.82) is 0 Å². The first-order valence-corrected chi connectivity index (χ1v) is 9.15. The van der Waals surface area contributed by atoms with Crippen LogP contribution in [-0.2, 0) is 0 Å². The monoisotopic (exact) mass is 366 g/mol. The number of hydrogen-bond acceptors (Lipinski definition) is 3. The molecule has 0 bridgehead atoms. The number of nitrogens with zero attached hydrogens (tertiary/aromatic N) is 1. The third-order valence-corrected chi connectivity index (χ3v) is 4.82. The van der Waals surface area contributed by atoms with Crippen LogP contribution in [0.15, 0.2) is 42.5 Å². The van der Waals surface area contributed by atoms with Crippen LogP contribution >= 0.6 is 0 Å². The summed E-state index contributed by atoms with van der Waals surface area (Å²) < 4.78 is 10.8. The van der Waals surface area contributed by atoms with Gasteiger partial charge in [0.1, 0.15) is 5.69 Å². The molecule has 0 saturated heterocycles. The van der Waals surface area contributed by atoms with E-state index in [1.807, 2.05) is 68.1 Å². The molecule has 0 aliphatic heterocycles. The number of carbonyl (C=O) groups excluding carboxylic acids is 1. The molecule has 0 saturated carbocycles. The van der Waals surface area contributed by atoms with E-state index in [1.165, 1.54) is 0 Å². The molecule has 0 unspecified atom stereocenters. The van der Waals surface area contributed by atoms with Crippen LogP contribution in [0.25, 0.3) is 22.0 Å². The fraction of sp³-hybridized carbons (Fsp3) is 0.318. The molecule has 1 amide bonds. The second-order valence-electron chi connectivity index (χ2n) is 6.68. The van der Waals surface area contributed by atoms with Gasteiger partial charge in [-0.05, 0) is 44.5 Å². The highest BCUT2D eigenvalue weighted by molar-refractivity contribution is 6.09. The molecule has 1 N–H and O–H groups in total. The van der Waals surface area contributed by atoms with Crippen LogP contribution in [0, 0.1) is 0 Å². The van der Waals surface area contributed by atoms with Crippen LogP contribution < -0.4 is 9.47 Å². The molecule has 0 aliphatic rings. The van der Waals surface area contributed by atoms with Gasteiger partial charge in [-0.25, -0.2) is 0 Å². The molecule has 0 fully saturated rings. The lowest BCUT2D eigenvalue weighted by Crippen LogP contribution is -2.37. The molecule has 3 rings (SSSR count). The summed E-state index contributed by atoms with van der Waals surface area (Å²) in [5.74, 6) is 1.29. The Hall–Kier alpha value is -2.95. The molecular formula is C22H26N2O3. The van der Waals surface area contributed by atoms with E-state index < -0.39 is 0 Å². The van der Waals surface area contributed by atoms with Gasteiger partial charge >= 0.3 is 0 Å². The molecule has 142 valence electrons. The first-order chi connectivity index (χ1) is 13.0. The lowest BCUT2D eigenvalue weighted by Gasteiger charge is -2.25. The number of aromatic nitrogens is 1. The minimum absolute atomic E-state index is 0.00603. The third kappa shape index (κ3) is 3.37. The molecule has 3 aromatic rings. The maximum Gasteiger partial charge on any atom is 0.271 e. The van der Waals surface area contributed by atoms with Gasteiger partial charge in [0.05, 0.1) is 14.2 Å². The first kappa shape index (κ1) is 18.8. The predicted octanol–water partition coefficient (Wildman–Crippen LogP) is 4.72. The van der Waals surface area contributed by atoms with Crippen LogP contribution in [0.3, 0.4) is 0 Å². The maximum absolute atomic E-state index is 13.3. The molecule has 0 aliphatic carbocycles. The zero-order valence-corrected chi connectivity index (χ0v) is 16.5. The van der Waals surface area contributed by atoms with E-state index in [1.54, 1.807) is 14.2 Å². The Morgan fingerprint density at radius 2 is 1.78 bits per heavy atom. The minimum atomic E-state index is -0.00603. The molecule has 0 radical (unpaired) electrons. The van der Waals surface area contributed by atoms with Crippen molar-refractivity contribution in [3.05, 3.63) is 48.2 Å². The molecular weight excluding hydrogens is 340 g/mol. The van der Waals surface area contributed by atoms with Gasteiger partial charge in [0, 0.05) is 29.1 Å². The van der Waals surface area contributed by atoms with E-state index in [2.05, 4.69) is 4.98 Å². The van der Waals surface area contributed by atoms with Crippen LogP contribution in [-0.4, -0.2) is 42.6 Å². The van der Waals surface area contributed by atoms with Crippen molar-refractivity contribution in [1.82, 2.24) is 9.88 Å². The Bertz CT molecular complexity index is 959. The lowest BCUT2D eigenvalue weighted by molar-refractivity contribution is 0.0712. The first-order valence-electron chi connectivity index (χ1n) is 9.15. The number of benzene rings is 2. The maximum atomic E-state index is 13.3. The van der Waals surface area contributed by atoms with Gasteiger partial charge in [-0.15, -0.1) is 0 Å². The Labute approximate surface area is 159 Å². The zero-order chi connectivity index (χ0) is 19.6. The summed E-state index contributed by atoms with van der Waals surface area (Å²) in [5.41, 5.74) is 3.33. The highest BCUT2D eigenvalue weighted by Crippen LogP contribution is 2.38. The van der Waals surface area contributed by atoms with Crippen LogP contribution in [0.1, 0.15) is 31.3 Å². The number of fused-ring (bicyclic) bond motifs is 1. The second-order valence-corrected chi connectivity index (χ2v) is 6.68. The largest absolute Gasteiger partial charge is 0.493 e. The zero-order valence-electron chi connectivity index (χ0n) is 16.5. The van der Waals surface area contributed by atoms with Crippen molar-refractivity contribution in [3.63, 3.8) is 0 Å². The number of rotatable bonds is 6. The molecule has 27 heavy (non-hydrogen) atoms. The Balaban J connectivity index is 2.24. The quantitative estimate of drug-likeness (QED) is 0.687. The van der Waals surface area contributed by atoms with E-state index in [0.717, 1.165) is 22.0 Å². The number of nitrogens with one attached hydrogen (secondary N) is 1. The van der Waals surface area contributed by atoms with Gasteiger partial charge < -0.3 is 19.4 Å². The normalized spacial score (nSPS) is 11.0. The molecule has 1 aromatic heterocycles. The van der Waals surface area contributed by atoms with Gasteiger partial charge in [0.15, 0.2) is 11.5 Å². The second kappa shape index (κ2) is 7.74. The molecule has 1 heterocycles. The average molecular weight is 366 g/mol. The van der Waals surface area contributed by atoms with E-state index in [0.29, 0.717) is 23.7 Å². The summed E-state index contributed by atoms with van der Waals surface area (Å²) in [6, 6.07) is 13.8. The number of carbonyl (C=O) groups is 1. The Kier molecular flexibility index (Phi) is 5.40. The van der Waals surface area contributed by atoms with Crippen molar-refractivity contribution in [2.75, 3.05) is 20.8 Å². The number of amides is 1. The molecule has 0 spiro atoms. The fourth-order valence-corrected chi connectivity index (χ4v) is 3.48. The predicted molar refractivity (Wildman–Crippen MR) is 109 cm³/mol. The summed E-state index contributed by atoms with van der Waals surface area (Å²) in [4.78, 5) is 18.5. The summed E-state index contributed by atoms with van der Waals surface area (Å²) >= 11 is 0. The van der Waals surface area contributed by atoms with Gasteiger partial charge in [-0.3, -0.25) is 4.79 Å². The van der Waals surface area contributed by atoms with Crippen molar-refractivity contribution >= 4 is 16.8 Å². The molecule has 0 atom stereocenters.